The maximum atomic E-state index is 2.48. The first-order valence-corrected chi connectivity index (χ1v) is 18.7. The van der Waals surface area contributed by atoms with Crippen LogP contribution in [0.4, 0.5) is 0 Å². The molecule has 0 saturated carbocycles. The van der Waals surface area contributed by atoms with Crippen molar-refractivity contribution < 1.29 is 0 Å². The van der Waals surface area contributed by atoms with E-state index in [1.54, 1.807) is 0 Å². The van der Waals surface area contributed by atoms with E-state index in [1.165, 1.54) is 109 Å². The van der Waals surface area contributed by atoms with E-state index >= 15 is 0 Å². The van der Waals surface area contributed by atoms with Gasteiger partial charge in [-0.3, -0.25) is 0 Å². The van der Waals surface area contributed by atoms with E-state index in [9.17, 15) is 0 Å². The Morgan fingerprint density at radius 2 is 0.755 bits per heavy atom. The Kier molecular flexibility index (Phi) is 6.40. The molecule has 10 aromatic carbocycles. The molecule has 0 bridgehead atoms. The molecule has 0 fully saturated rings. The summed E-state index contributed by atoms with van der Waals surface area (Å²) in [7, 11) is 0. The second-order valence-electron chi connectivity index (χ2n) is 15.2. The summed E-state index contributed by atoms with van der Waals surface area (Å²) in [5.74, 6) is 0. The first kappa shape index (κ1) is 30.2. The monoisotopic (exact) mass is 672 g/mol. The molecule has 0 spiro atoms. The Labute approximate surface area is 309 Å². The highest BCUT2D eigenvalue weighted by atomic mass is 14.4. The van der Waals surface area contributed by atoms with Gasteiger partial charge in [0.15, 0.2) is 0 Å². The molecule has 1 aliphatic carbocycles. The third-order valence-corrected chi connectivity index (χ3v) is 12.0. The molecule has 0 aromatic heterocycles. The van der Waals surface area contributed by atoms with Crippen LogP contribution in [-0.2, 0) is 5.41 Å². The lowest BCUT2D eigenvalue weighted by Crippen LogP contribution is -2.14. The highest BCUT2D eigenvalue weighted by Gasteiger charge is 2.36. The minimum Gasteiger partial charge on any atom is -0.0616 e. The third-order valence-electron chi connectivity index (χ3n) is 12.0. The molecule has 0 N–H and O–H groups in total. The predicted octanol–water partition coefficient (Wildman–Crippen LogP) is 14.8. The van der Waals surface area contributed by atoms with E-state index in [0.29, 0.717) is 0 Å². The van der Waals surface area contributed by atoms with Gasteiger partial charge < -0.3 is 0 Å². The molecule has 248 valence electrons. The summed E-state index contributed by atoms with van der Waals surface area (Å²) in [5, 5.41) is 12.9. The summed E-state index contributed by atoms with van der Waals surface area (Å²) in [4.78, 5) is 0. The van der Waals surface area contributed by atoms with Crippen molar-refractivity contribution in [1.82, 2.24) is 0 Å². The van der Waals surface area contributed by atoms with Gasteiger partial charge in [0.2, 0.25) is 0 Å². The minimum atomic E-state index is -0.0630. The van der Waals surface area contributed by atoms with Crippen LogP contribution in [0.1, 0.15) is 25.0 Å². The van der Waals surface area contributed by atoms with Crippen molar-refractivity contribution in [2.75, 3.05) is 0 Å². The molecule has 0 aliphatic heterocycles. The molecule has 1 aliphatic rings. The number of rotatable bonds is 3. The zero-order valence-electron chi connectivity index (χ0n) is 29.8. The van der Waals surface area contributed by atoms with Crippen LogP contribution in [-0.4, -0.2) is 0 Å². The van der Waals surface area contributed by atoms with Crippen LogP contribution < -0.4 is 0 Å². The average molecular weight is 673 g/mol. The lowest BCUT2D eigenvalue weighted by atomic mass is 9.81. The van der Waals surface area contributed by atoms with Gasteiger partial charge in [-0.05, 0) is 122 Å². The molecule has 0 unspecified atom stereocenters. The first-order valence-electron chi connectivity index (χ1n) is 18.7. The van der Waals surface area contributed by atoms with E-state index in [-0.39, 0.29) is 5.41 Å². The summed E-state index contributed by atoms with van der Waals surface area (Å²) < 4.78 is 0. The molecule has 53 heavy (non-hydrogen) atoms. The summed E-state index contributed by atoms with van der Waals surface area (Å²) in [5.41, 5.74) is 13.1. The fourth-order valence-electron chi connectivity index (χ4n) is 9.54. The van der Waals surface area contributed by atoms with Crippen LogP contribution >= 0.6 is 0 Å². The summed E-state index contributed by atoms with van der Waals surface area (Å²) in [6.45, 7) is 4.75. The Morgan fingerprint density at radius 3 is 1.42 bits per heavy atom. The SMILES string of the molecule is CC1(C)c2ccc(-c3c4ccccc4c(-c4ccc(-c5cc6ccccc6c6ccccc56)cc4)c4ccccc34)cc2-c2c1ccc1ccccc21. The second kappa shape index (κ2) is 11.2. The fraction of sp³-hybridized carbons (Fsp3) is 0.0566. The van der Waals surface area contributed by atoms with E-state index in [2.05, 4.69) is 196 Å². The second-order valence-corrected chi connectivity index (χ2v) is 15.2. The van der Waals surface area contributed by atoms with Crippen LogP contribution in [0.15, 0.2) is 182 Å². The van der Waals surface area contributed by atoms with Crippen LogP contribution in [0.3, 0.4) is 0 Å². The Balaban J connectivity index is 1.11. The number of hydrogen-bond donors (Lipinski definition) is 0. The Hall–Kier alpha value is -6.50. The zero-order valence-corrected chi connectivity index (χ0v) is 29.8. The molecule has 10 aromatic rings. The van der Waals surface area contributed by atoms with Gasteiger partial charge in [0, 0.05) is 5.41 Å². The van der Waals surface area contributed by atoms with Gasteiger partial charge in [-0.2, -0.15) is 0 Å². The van der Waals surface area contributed by atoms with E-state index in [0.717, 1.165) is 0 Å². The van der Waals surface area contributed by atoms with Crippen molar-refractivity contribution >= 4 is 53.9 Å². The molecular formula is C53H36. The van der Waals surface area contributed by atoms with Crippen molar-refractivity contribution in [2.45, 2.75) is 19.3 Å². The number of fused-ring (bicyclic) bond motifs is 10. The Bertz CT molecular complexity index is 3060. The predicted molar refractivity (Wildman–Crippen MR) is 228 cm³/mol. The minimum absolute atomic E-state index is 0.0630. The molecule has 11 rings (SSSR count). The van der Waals surface area contributed by atoms with Crippen molar-refractivity contribution in [2.24, 2.45) is 0 Å². The van der Waals surface area contributed by atoms with E-state index < -0.39 is 0 Å². The van der Waals surface area contributed by atoms with Gasteiger partial charge in [0.1, 0.15) is 0 Å². The van der Waals surface area contributed by atoms with E-state index in [4.69, 9.17) is 0 Å². The first-order chi connectivity index (χ1) is 26.1. The molecule has 0 heteroatoms. The largest absolute Gasteiger partial charge is 0.0616 e. The van der Waals surface area contributed by atoms with Crippen molar-refractivity contribution in [3.63, 3.8) is 0 Å². The van der Waals surface area contributed by atoms with Gasteiger partial charge in [0.25, 0.3) is 0 Å². The van der Waals surface area contributed by atoms with Crippen molar-refractivity contribution in [3.8, 4) is 44.5 Å². The lowest BCUT2D eigenvalue weighted by molar-refractivity contribution is 0.661. The molecule has 0 nitrogen and oxygen atoms in total. The molecule has 0 saturated heterocycles. The van der Waals surface area contributed by atoms with Gasteiger partial charge in [-0.15, -0.1) is 0 Å². The third kappa shape index (κ3) is 4.36. The van der Waals surface area contributed by atoms with Crippen molar-refractivity contribution in [1.29, 1.82) is 0 Å². The van der Waals surface area contributed by atoms with Crippen LogP contribution in [0, 0.1) is 0 Å². The maximum Gasteiger partial charge on any atom is 0.0159 e. The molecular weight excluding hydrogens is 637 g/mol. The number of benzene rings is 10. The van der Waals surface area contributed by atoms with Crippen LogP contribution in [0.5, 0.6) is 0 Å². The topological polar surface area (TPSA) is 0 Å². The highest BCUT2D eigenvalue weighted by molar-refractivity contribution is 6.22. The van der Waals surface area contributed by atoms with Gasteiger partial charge in [-0.1, -0.05) is 184 Å². The smallest absolute Gasteiger partial charge is 0.0159 e. The summed E-state index contributed by atoms with van der Waals surface area (Å²) in [6.07, 6.45) is 0. The van der Waals surface area contributed by atoms with Gasteiger partial charge in [0.05, 0.1) is 0 Å². The highest BCUT2D eigenvalue weighted by Crippen LogP contribution is 2.53. The Morgan fingerprint density at radius 1 is 0.283 bits per heavy atom. The fourth-order valence-corrected chi connectivity index (χ4v) is 9.54. The van der Waals surface area contributed by atoms with E-state index in [1.807, 2.05) is 0 Å². The molecule has 0 amide bonds. The lowest BCUT2D eigenvalue weighted by Gasteiger charge is -2.22. The zero-order chi connectivity index (χ0) is 35.3. The van der Waals surface area contributed by atoms with Gasteiger partial charge >= 0.3 is 0 Å². The standard InChI is InChI=1S/C53H36/c1-53(2)48-29-28-37(32-47(48)52-39-16-6-3-13-33(39)27-30-49(52)53)51-44-21-11-9-19-42(44)50(43-20-10-12-22-45(43)51)35-25-23-34(24-26-35)46-31-36-14-4-5-15-38(36)40-17-7-8-18-41(40)46/h3-32H,1-2H3. The van der Waals surface area contributed by atoms with Crippen molar-refractivity contribution in [3.05, 3.63) is 193 Å². The summed E-state index contributed by atoms with van der Waals surface area (Å²) >= 11 is 0. The number of hydrogen-bond acceptors (Lipinski definition) is 0. The normalized spacial score (nSPS) is 13.2. The van der Waals surface area contributed by atoms with Gasteiger partial charge in [-0.25, -0.2) is 0 Å². The molecule has 0 atom stereocenters. The van der Waals surface area contributed by atoms with Crippen LogP contribution in [0.25, 0.3) is 98.4 Å². The molecule has 0 heterocycles. The summed E-state index contributed by atoms with van der Waals surface area (Å²) in [6, 6.07) is 67.9. The molecule has 0 radical (unpaired) electrons. The quantitative estimate of drug-likeness (QED) is 0.129. The average Bonchev–Trinajstić information content (AvgIpc) is 3.45. The van der Waals surface area contributed by atoms with Crippen LogP contribution in [0.2, 0.25) is 0 Å². The maximum absolute atomic E-state index is 2.48.